The number of hydrogen-bond acceptors (Lipinski definition) is 2. The molecule has 2 heterocycles. The van der Waals surface area contributed by atoms with Crippen molar-refractivity contribution in [1.29, 1.82) is 0 Å². The number of nitrogens with zero attached hydrogens (tertiary/aromatic N) is 1. The Labute approximate surface area is 162 Å². The summed E-state index contributed by atoms with van der Waals surface area (Å²) in [5, 5.41) is 11.7. The van der Waals surface area contributed by atoms with Gasteiger partial charge in [0, 0.05) is 18.4 Å². The lowest BCUT2D eigenvalue weighted by Gasteiger charge is -2.39. The fraction of sp³-hybridized carbons (Fsp3) is 0.474. The summed E-state index contributed by atoms with van der Waals surface area (Å²) in [6.45, 7) is 0.924. The van der Waals surface area contributed by atoms with Crippen LogP contribution in [0.5, 0.6) is 0 Å². The Hall–Kier alpha value is -1.58. The Bertz CT molecular complexity index is 769. The van der Waals surface area contributed by atoms with E-state index in [0.29, 0.717) is 19.5 Å². The number of alkyl halides is 6. The van der Waals surface area contributed by atoms with Crippen molar-refractivity contribution in [2.45, 2.75) is 44.3 Å². The maximum atomic E-state index is 13.2. The van der Waals surface area contributed by atoms with Crippen LogP contribution in [0.15, 0.2) is 35.7 Å². The van der Waals surface area contributed by atoms with Gasteiger partial charge in [-0.25, -0.2) is 0 Å². The van der Waals surface area contributed by atoms with Gasteiger partial charge in [0.15, 0.2) is 0 Å². The van der Waals surface area contributed by atoms with Gasteiger partial charge in [-0.1, -0.05) is 6.07 Å². The van der Waals surface area contributed by atoms with Crippen LogP contribution in [-0.4, -0.2) is 28.8 Å². The minimum absolute atomic E-state index is 0.0100. The van der Waals surface area contributed by atoms with Crippen molar-refractivity contribution in [3.8, 4) is 0 Å². The van der Waals surface area contributed by atoms with Crippen LogP contribution in [0.3, 0.4) is 0 Å². The summed E-state index contributed by atoms with van der Waals surface area (Å²) < 4.78 is 79.4. The zero-order chi connectivity index (χ0) is 20.6. The lowest BCUT2D eigenvalue weighted by atomic mass is 10.0. The molecule has 1 fully saturated rings. The third-order valence-electron chi connectivity index (χ3n) is 5.32. The van der Waals surface area contributed by atoms with Gasteiger partial charge >= 0.3 is 12.4 Å². The number of quaternary nitrogens is 1. The smallest absolute Gasteiger partial charge is 0.390 e. The van der Waals surface area contributed by atoms with Crippen molar-refractivity contribution in [3.63, 3.8) is 0 Å². The average molecular weight is 424 g/mol. The molecule has 0 saturated carbocycles. The molecule has 0 amide bonds. The van der Waals surface area contributed by atoms with E-state index in [1.165, 1.54) is 11.3 Å². The van der Waals surface area contributed by atoms with E-state index in [-0.39, 0.29) is 35.3 Å². The monoisotopic (exact) mass is 424 g/mol. The molecule has 1 aliphatic heterocycles. The van der Waals surface area contributed by atoms with Gasteiger partial charge in [0.1, 0.15) is 19.1 Å². The number of hydrogen-bond donors (Lipinski definition) is 1. The molecule has 3 rings (SSSR count). The van der Waals surface area contributed by atoms with Crippen molar-refractivity contribution < 1.29 is 35.9 Å². The van der Waals surface area contributed by atoms with Crippen molar-refractivity contribution in [3.05, 3.63) is 57.3 Å². The molecule has 0 radical (unpaired) electrons. The Kier molecular flexibility index (Phi) is 5.80. The molecule has 154 valence electrons. The number of benzene rings is 1. The molecule has 1 saturated heterocycles. The maximum Gasteiger partial charge on any atom is 0.416 e. The highest BCUT2D eigenvalue weighted by atomic mass is 32.1. The highest BCUT2D eigenvalue weighted by molar-refractivity contribution is 7.09. The van der Waals surface area contributed by atoms with E-state index >= 15 is 0 Å². The second-order valence-corrected chi connectivity index (χ2v) is 8.26. The van der Waals surface area contributed by atoms with Crippen LogP contribution in [0, 0.1) is 0 Å². The van der Waals surface area contributed by atoms with E-state index in [1.807, 2.05) is 17.5 Å². The molecule has 1 N–H and O–H groups in total. The molecule has 1 aromatic heterocycles. The van der Waals surface area contributed by atoms with E-state index in [0.717, 1.165) is 23.4 Å². The maximum absolute atomic E-state index is 13.2. The van der Waals surface area contributed by atoms with Crippen molar-refractivity contribution in [2.24, 2.45) is 0 Å². The van der Waals surface area contributed by atoms with Gasteiger partial charge in [-0.15, -0.1) is 11.3 Å². The summed E-state index contributed by atoms with van der Waals surface area (Å²) >= 11 is 1.49. The summed E-state index contributed by atoms with van der Waals surface area (Å²) in [5.41, 5.74) is -2.61. The lowest BCUT2D eigenvalue weighted by molar-refractivity contribution is -0.964. The van der Waals surface area contributed by atoms with E-state index in [4.69, 9.17) is 0 Å². The van der Waals surface area contributed by atoms with Gasteiger partial charge in [0.2, 0.25) is 0 Å². The summed E-state index contributed by atoms with van der Waals surface area (Å²) in [4.78, 5) is 0.989. The van der Waals surface area contributed by atoms with E-state index < -0.39 is 23.5 Å². The van der Waals surface area contributed by atoms with E-state index in [9.17, 15) is 31.4 Å². The SMILES string of the molecule is OC[C@@H]1CCC[N+]1(Cc1cc(C(F)(F)F)cc(C(F)(F)F)c1)Cc1cccs1. The predicted molar refractivity (Wildman–Crippen MR) is 93.4 cm³/mol. The normalized spacial score (nSPS) is 23.3. The Morgan fingerprint density at radius 1 is 1.00 bits per heavy atom. The van der Waals surface area contributed by atoms with Crippen molar-refractivity contribution in [2.75, 3.05) is 13.2 Å². The van der Waals surface area contributed by atoms with Gasteiger partial charge in [0.05, 0.1) is 29.2 Å². The molecule has 2 atom stereocenters. The van der Waals surface area contributed by atoms with E-state index in [2.05, 4.69) is 0 Å². The van der Waals surface area contributed by atoms with Gasteiger partial charge in [0.25, 0.3) is 0 Å². The topological polar surface area (TPSA) is 20.2 Å². The van der Waals surface area contributed by atoms with Crippen LogP contribution in [0.1, 0.15) is 34.4 Å². The summed E-state index contributed by atoms with van der Waals surface area (Å²) in [6, 6.07) is 5.29. The molecular weight excluding hydrogens is 404 g/mol. The second kappa shape index (κ2) is 7.68. The summed E-state index contributed by atoms with van der Waals surface area (Å²) in [6.07, 6.45) is -8.28. The number of likely N-dealkylation sites (tertiary alicyclic amines) is 1. The minimum atomic E-state index is -4.87. The van der Waals surface area contributed by atoms with Crippen molar-refractivity contribution in [1.82, 2.24) is 0 Å². The first-order chi connectivity index (χ1) is 13.0. The molecule has 9 heteroatoms. The molecule has 2 aromatic rings. The van der Waals surface area contributed by atoms with Crippen LogP contribution in [0.2, 0.25) is 0 Å². The predicted octanol–water partition coefficient (Wildman–Crippen LogP) is 5.46. The third-order valence-corrected chi connectivity index (χ3v) is 6.18. The summed E-state index contributed by atoms with van der Waals surface area (Å²) in [5.74, 6) is 0. The number of thiophene rings is 1. The molecule has 1 aromatic carbocycles. The minimum Gasteiger partial charge on any atom is -0.390 e. The number of aliphatic hydroxyl groups is 1. The first-order valence-corrected chi connectivity index (χ1v) is 9.69. The molecule has 0 bridgehead atoms. The van der Waals surface area contributed by atoms with Crippen LogP contribution >= 0.6 is 11.3 Å². The second-order valence-electron chi connectivity index (χ2n) is 7.23. The highest BCUT2D eigenvalue weighted by Gasteiger charge is 2.43. The number of rotatable bonds is 5. The third kappa shape index (κ3) is 4.52. The molecule has 0 spiro atoms. The number of halogens is 6. The molecular formula is C19H20F6NOS+. The van der Waals surface area contributed by atoms with Crippen LogP contribution in [0.25, 0.3) is 0 Å². The van der Waals surface area contributed by atoms with Crippen LogP contribution in [0.4, 0.5) is 26.3 Å². The first-order valence-electron chi connectivity index (χ1n) is 8.81. The van der Waals surface area contributed by atoms with Gasteiger partial charge in [-0.3, -0.25) is 0 Å². The van der Waals surface area contributed by atoms with Crippen molar-refractivity contribution >= 4 is 11.3 Å². The molecule has 0 aliphatic carbocycles. The Balaban J connectivity index is 2.03. The fourth-order valence-electron chi connectivity index (χ4n) is 4.02. The largest absolute Gasteiger partial charge is 0.416 e. The molecule has 1 aliphatic rings. The molecule has 28 heavy (non-hydrogen) atoms. The standard InChI is InChI=1S/C19H20F6NOS/c20-18(21,22)14-7-13(8-15(9-14)19(23,24)25)10-26(5-1-3-16(26)12-27)11-17-4-2-6-28-17/h2,4,6-9,16,27H,1,3,5,10-12H2/q+1/t16-,26?/m0/s1. The van der Waals surface area contributed by atoms with Gasteiger partial charge < -0.3 is 9.59 Å². The first kappa shape index (κ1) is 21.1. The highest BCUT2D eigenvalue weighted by Crippen LogP contribution is 2.39. The van der Waals surface area contributed by atoms with Crippen LogP contribution < -0.4 is 0 Å². The average Bonchev–Trinajstić information content (AvgIpc) is 3.23. The summed E-state index contributed by atoms with van der Waals surface area (Å²) in [7, 11) is 0. The number of aliphatic hydroxyl groups excluding tert-OH is 1. The van der Waals surface area contributed by atoms with Crippen LogP contribution in [-0.2, 0) is 25.4 Å². The van der Waals surface area contributed by atoms with Gasteiger partial charge in [-0.2, -0.15) is 26.3 Å². The van der Waals surface area contributed by atoms with E-state index in [1.54, 1.807) is 0 Å². The van der Waals surface area contributed by atoms with Gasteiger partial charge in [-0.05, 0) is 29.6 Å². The fourth-order valence-corrected chi connectivity index (χ4v) is 4.84. The Morgan fingerprint density at radius 2 is 1.64 bits per heavy atom. The zero-order valence-corrected chi connectivity index (χ0v) is 15.7. The Morgan fingerprint density at radius 3 is 2.14 bits per heavy atom. The lowest BCUT2D eigenvalue weighted by Crippen LogP contribution is -2.51. The molecule has 1 unspecified atom stereocenters. The molecule has 2 nitrogen and oxygen atoms in total. The quantitative estimate of drug-likeness (QED) is 0.499. The zero-order valence-electron chi connectivity index (χ0n) is 14.9.